The van der Waals surface area contributed by atoms with Crippen LogP contribution < -0.4 is 0 Å². The van der Waals surface area contributed by atoms with Crippen molar-refractivity contribution in [3.8, 4) is 11.3 Å². The summed E-state index contributed by atoms with van der Waals surface area (Å²) in [7, 11) is 0. The van der Waals surface area contributed by atoms with Crippen molar-refractivity contribution in [2.75, 3.05) is 19.6 Å². The number of hydrogen-bond acceptors (Lipinski definition) is 4. The number of aliphatic hydroxyl groups is 1. The summed E-state index contributed by atoms with van der Waals surface area (Å²) in [6, 6.07) is 20.7. The molecule has 1 amide bonds. The van der Waals surface area contributed by atoms with Gasteiger partial charge in [-0.2, -0.15) is 0 Å². The fourth-order valence-electron chi connectivity index (χ4n) is 5.95. The summed E-state index contributed by atoms with van der Waals surface area (Å²) in [5.74, 6) is 0.492. The van der Waals surface area contributed by atoms with Gasteiger partial charge in [-0.25, -0.2) is 4.98 Å². The molecule has 1 aromatic heterocycles. The molecule has 1 aliphatic carbocycles. The third-order valence-electron chi connectivity index (χ3n) is 7.66. The Hall–Kier alpha value is -2.96. The van der Waals surface area contributed by atoms with Gasteiger partial charge in [0.2, 0.25) is 0 Å². The molecule has 190 valence electrons. The van der Waals surface area contributed by atoms with Crippen molar-refractivity contribution >= 4 is 5.91 Å². The molecular weight excluding hydrogens is 448 g/mol. The summed E-state index contributed by atoms with van der Waals surface area (Å²) in [4.78, 5) is 23.4. The Balaban J connectivity index is 1.44. The Labute approximate surface area is 214 Å². The number of amides is 1. The fraction of sp³-hybridized carbons (Fsp3) is 0.467. The van der Waals surface area contributed by atoms with Gasteiger partial charge in [-0.15, -0.1) is 0 Å². The average molecular weight is 487 g/mol. The summed E-state index contributed by atoms with van der Waals surface area (Å²) in [6.45, 7) is 7.76. The molecule has 3 atom stereocenters. The number of rotatable bonds is 7. The highest BCUT2D eigenvalue weighted by Crippen LogP contribution is 2.36. The zero-order valence-corrected chi connectivity index (χ0v) is 21.5. The summed E-state index contributed by atoms with van der Waals surface area (Å²) in [6.07, 6.45) is 5.01. The largest absolute Gasteiger partial charge is 0.391 e. The van der Waals surface area contributed by atoms with Crippen LogP contribution >= 0.6 is 0 Å². The van der Waals surface area contributed by atoms with Crippen molar-refractivity contribution in [3.63, 3.8) is 0 Å². The molecule has 0 bridgehead atoms. The third-order valence-corrected chi connectivity index (χ3v) is 7.66. The number of piperazine rings is 1. The number of benzene rings is 2. The topological polar surface area (TPSA) is 61.6 Å². The van der Waals surface area contributed by atoms with Gasteiger partial charge in [0, 0.05) is 37.8 Å². The number of imidazole rings is 1. The van der Waals surface area contributed by atoms with E-state index in [0.29, 0.717) is 18.2 Å². The van der Waals surface area contributed by atoms with Crippen LogP contribution in [0.4, 0.5) is 0 Å². The first-order valence-corrected chi connectivity index (χ1v) is 13.4. The minimum Gasteiger partial charge on any atom is -0.391 e. The maximum Gasteiger partial charge on any atom is 0.275 e. The maximum atomic E-state index is 14.1. The molecule has 2 heterocycles. The predicted octanol–water partition coefficient (Wildman–Crippen LogP) is 5.01. The zero-order chi connectivity index (χ0) is 25.1. The van der Waals surface area contributed by atoms with Crippen molar-refractivity contribution in [2.24, 2.45) is 5.92 Å². The minimum absolute atomic E-state index is 0.00472. The van der Waals surface area contributed by atoms with Gasteiger partial charge < -0.3 is 14.6 Å². The van der Waals surface area contributed by atoms with Crippen LogP contribution in [-0.4, -0.2) is 62.1 Å². The highest BCUT2D eigenvalue weighted by molar-refractivity contribution is 5.98. The first-order chi connectivity index (χ1) is 17.5. The first kappa shape index (κ1) is 24.7. The van der Waals surface area contributed by atoms with Crippen molar-refractivity contribution in [2.45, 2.75) is 64.3 Å². The molecular formula is C30H38N4O2. The Bertz CT molecular complexity index is 1140. The smallest absolute Gasteiger partial charge is 0.275 e. The second-order valence-corrected chi connectivity index (χ2v) is 10.8. The number of aromatic nitrogens is 2. The molecule has 0 radical (unpaired) electrons. The van der Waals surface area contributed by atoms with Crippen molar-refractivity contribution in [3.05, 3.63) is 78.2 Å². The van der Waals surface area contributed by atoms with Crippen LogP contribution in [0.5, 0.6) is 0 Å². The summed E-state index contributed by atoms with van der Waals surface area (Å²) < 4.78 is 2.06. The van der Waals surface area contributed by atoms with Crippen LogP contribution in [-0.2, 0) is 6.54 Å². The van der Waals surface area contributed by atoms with E-state index in [1.165, 1.54) is 5.56 Å². The second-order valence-electron chi connectivity index (χ2n) is 10.8. The lowest BCUT2D eigenvalue weighted by molar-refractivity contribution is 0.0388. The molecule has 6 nitrogen and oxygen atoms in total. The minimum atomic E-state index is -0.403. The molecule has 2 fully saturated rings. The monoisotopic (exact) mass is 486 g/mol. The normalized spacial score (nSPS) is 22.9. The van der Waals surface area contributed by atoms with E-state index in [4.69, 9.17) is 4.98 Å². The Morgan fingerprint density at radius 2 is 1.75 bits per heavy atom. The van der Waals surface area contributed by atoms with E-state index >= 15 is 0 Å². The number of aliphatic hydroxyl groups excluding tert-OH is 1. The summed E-state index contributed by atoms with van der Waals surface area (Å²) >= 11 is 0. The van der Waals surface area contributed by atoms with E-state index in [1.54, 1.807) is 6.33 Å². The lowest BCUT2D eigenvalue weighted by Crippen LogP contribution is -2.55. The van der Waals surface area contributed by atoms with E-state index in [-0.39, 0.29) is 18.0 Å². The van der Waals surface area contributed by atoms with Gasteiger partial charge in [-0.3, -0.25) is 9.69 Å². The summed E-state index contributed by atoms with van der Waals surface area (Å²) in [5, 5.41) is 10.7. The molecule has 0 spiro atoms. The molecule has 5 rings (SSSR count). The molecule has 1 aliphatic heterocycles. The highest BCUT2D eigenvalue weighted by atomic mass is 16.3. The van der Waals surface area contributed by atoms with Crippen LogP contribution in [0.15, 0.2) is 67.0 Å². The van der Waals surface area contributed by atoms with Gasteiger partial charge in [-0.05, 0) is 37.2 Å². The van der Waals surface area contributed by atoms with Gasteiger partial charge in [-0.1, -0.05) is 74.5 Å². The molecule has 1 unspecified atom stereocenters. The second kappa shape index (κ2) is 11.0. The average Bonchev–Trinajstić information content (AvgIpc) is 3.50. The Morgan fingerprint density at radius 3 is 2.42 bits per heavy atom. The standard InChI is InChI=1S/C30H38N4O2/c1-22(2)18-25-20-32(19-23-10-5-3-6-11-23)16-17-33(25)30(36)28-29(24-12-7-4-8-13-24)34(21-31-28)26-14-9-15-27(26)35/h3-8,10-13,21-22,25-27,35H,9,14-20H2,1-2H3/t25-,26?,27+/m1/s1. The van der Waals surface area contributed by atoms with E-state index in [0.717, 1.165) is 56.6 Å². The molecule has 6 heteroatoms. The van der Waals surface area contributed by atoms with Crippen LogP contribution in [0.2, 0.25) is 0 Å². The highest BCUT2D eigenvalue weighted by Gasteiger charge is 2.36. The van der Waals surface area contributed by atoms with Crippen LogP contribution in [0.1, 0.15) is 61.6 Å². The molecule has 1 saturated heterocycles. The molecule has 36 heavy (non-hydrogen) atoms. The zero-order valence-electron chi connectivity index (χ0n) is 21.5. The number of carbonyl (C=O) groups is 1. The maximum absolute atomic E-state index is 14.1. The molecule has 3 aromatic rings. The van der Waals surface area contributed by atoms with Crippen molar-refractivity contribution in [1.29, 1.82) is 0 Å². The van der Waals surface area contributed by atoms with E-state index in [1.807, 2.05) is 30.3 Å². The number of hydrogen-bond donors (Lipinski definition) is 1. The van der Waals surface area contributed by atoms with E-state index in [9.17, 15) is 9.90 Å². The van der Waals surface area contributed by atoms with E-state index < -0.39 is 6.10 Å². The molecule has 1 N–H and O–H groups in total. The Morgan fingerprint density at radius 1 is 1.03 bits per heavy atom. The van der Waals surface area contributed by atoms with Crippen molar-refractivity contribution in [1.82, 2.24) is 19.4 Å². The number of carbonyl (C=O) groups excluding carboxylic acids is 1. The van der Waals surface area contributed by atoms with Gasteiger partial charge in [0.05, 0.1) is 24.2 Å². The SMILES string of the molecule is CC(C)C[C@@H]1CN(Cc2ccccc2)CCN1C(=O)c1ncn(C2CCC[C@@H]2O)c1-c1ccccc1. The lowest BCUT2D eigenvalue weighted by atomic mass is 9.98. The Kier molecular flexibility index (Phi) is 7.54. The van der Waals surface area contributed by atoms with Crippen LogP contribution in [0, 0.1) is 5.92 Å². The lowest BCUT2D eigenvalue weighted by Gasteiger charge is -2.42. The van der Waals surface area contributed by atoms with E-state index in [2.05, 4.69) is 58.5 Å². The molecule has 1 saturated carbocycles. The fourth-order valence-corrected chi connectivity index (χ4v) is 5.95. The van der Waals surface area contributed by atoms with Gasteiger partial charge >= 0.3 is 0 Å². The van der Waals surface area contributed by atoms with Crippen molar-refractivity contribution < 1.29 is 9.90 Å². The van der Waals surface area contributed by atoms with Gasteiger partial charge in [0.25, 0.3) is 5.91 Å². The third kappa shape index (κ3) is 5.25. The summed E-state index contributed by atoms with van der Waals surface area (Å²) in [5.41, 5.74) is 3.62. The predicted molar refractivity (Wildman–Crippen MR) is 143 cm³/mol. The van der Waals surface area contributed by atoms with Crippen LogP contribution in [0.25, 0.3) is 11.3 Å². The van der Waals surface area contributed by atoms with Gasteiger partial charge in [0.1, 0.15) is 0 Å². The quantitative estimate of drug-likeness (QED) is 0.510. The first-order valence-electron chi connectivity index (χ1n) is 13.4. The van der Waals surface area contributed by atoms with Crippen LogP contribution in [0.3, 0.4) is 0 Å². The molecule has 2 aliphatic rings. The molecule has 2 aromatic carbocycles. The van der Waals surface area contributed by atoms with Gasteiger partial charge in [0.15, 0.2) is 5.69 Å². The number of nitrogens with zero attached hydrogens (tertiary/aromatic N) is 4.